The summed E-state index contributed by atoms with van der Waals surface area (Å²) in [5.41, 5.74) is 5.68. The second kappa shape index (κ2) is 10.0. The van der Waals surface area contributed by atoms with Gasteiger partial charge in [0.15, 0.2) is 11.6 Å². The molecule has 0 bridgehead atoms. The van der Waals surface area contributed by atoms with Crippen LogP contribution in [0.25, 0.3) is 0 Å². The molecule has 1 aliphatic carbocycles. The monoisotopic (exact) mass is 362 g/mol. The third-order valence-corrected chi connectivity index (χ3v) is 4.83. The van der Waals surface area contributed by atoms with E-state index in [0.29, 0.717) is 23.1 Å². The SMILES string of the molecule is CC(C)=CCC/C(C)=C/CC/C(C)=C/CC1=CC(=O)c2ccccc2C1=O. The molecule has 0 amide bonds. The zero-order valence-corrected chi connectivity index (χ0v) is 17.0. The van der Waals surface area contributed by atoms with E-state index in [-0.39, 0.29) is 11.6 Å². The van der Waals surface area contributed by atoms with Gasteiger partial charge in [0, 0.05) is 16.7 Å². The Morgan fingerprint density at radius 3 is 2.07 bits per heavy atom. The van der Waals surface area contributed by atoms with Crippen LogP contribution in [0.4, 0.5) is 0 Å². The van der Waals surface area contributed by atoms with Gasteiger partial charge in [-0.3, -0.25) is 9.59 Å². The summed E-state index contributed by atoms with van der Waals surface area (Å²) in [6.07, 6.45) is 12.9. The van der Waals surface area contributed by atoms with Crippen molar-refractivity contribution >= 4 is 11.6 Å². The van der Waals surface area contributed by atoms with Gasteiger partial charge in [0.05, 0.1) is 0 Å². The largest absolute Gasteiger partial charge is 0.289 e. The van der Waals surface area contributed by atoms with Crippen LogP contribution in [0.5, 0.6) is 0 Å². The number of benzene rings is 1. The van der Waals surface area contributed by atoms with Gasteiger partial charge in [0.25, 0.3) is 0 Å². The number of hydrogen-bond acceptors (Lipinski definition) is 2. The number of carbonyl (C=O) groups excluding carboxylic acids is 2. The molecule has 1 aromatic rings. The molecule has 0 atom stereocenters. The van der Waals surface area contributed by atoms with Crippen LogP contribution in [0.2, 0.25) is 0 Å². The quantitative estimate of drug-likeness (QED) is 0.476. The lowest BCUT2D eigenvalue weighted by Gasteiger charge is -2.14. The Hall–Kier alpha value is -2.48. The van der Waals surface area contributed by atoms with Crippen molar-refractivity contribution in [3.63, 3.8) is 0 Å². The second-order valence-electron chi connectivity index (χ2n) is 7.57. The highest BCUT2D eigenvalue weighted by Crippen LogP contribution is 2.24. The minimum Gasteiger partial charge on any atom is -0.289 e. The van der Waals surface area contributed by atoms with E-state index in [0.717, 1.165) is 25.7 Å². The molecule has 2 nitrogen and oxygen atoms in total. The maximum atomic E-state index is 12.6. The molecule has 0 aromatic heterocycles. The van der Waals surface area contributed by atoms with E-state index in [4.69, 9.17) is 0 Å². The van der Waals surface area contributed by atoms with Gasteiger partial charge in [-0.2, -0.15) is 0 Å². The lowest BCUT2D eigenvalue weighted by Crippen LogP contribution is -2.16. The van der Waals surface area contributed by atoms with Crippen molar-refractivity contribution in [3.8, 4) is 0 Å². The number of Topliss-reactive ketones (excluding diaryl/α,β-unsaturated/α-hetero) is 1. The van der Waals surface area contributed by atoms with E-state index in [1.54, 1.807) is 24.3 Å². The van der Waals surface area contributed by atoms with Gasteiger partial charge in [-0.25, -0.2) is 0 Å². The van der Waals surface area contributed by atoms with Crippen LogP contribution in [-0.4, -0.2) is 11.6 Å². The van der Waals surface area contributed by atoms with Crippen LogP contribution >= 0.6 is 0 Å². The molecular weight excluding hydrogens is 332 g/mol. The molecule has 2 rings (SSSR count). The van der Waals surface area contributed by atoms with Crippen LogP contribution in [0.3, 0.4) is 0 Å². The van der Waals surface area contributed by atoms with Gasteiger partial charge >= 0.3 is 0 Å². The molecule has 0 heterocycles. The van der Waals surface area contributed by atoms with E-state index in [1.807, 2.05) is 0 Å². The molecule has 0 fully saturated rings. The maximum absolute atomic E-state index is 12.6. The van der Waals surface area contributed by atoms with Gasteiger partial charge in [-0.15, -0.1) is 0 Å². The van der Waals surface area contributed by atoms with E-state index in [9.17, 15) is 9.59 Å². The number of carbonyl (C=O) groups is 2. The number of ketones is 2. The van der Waals surface area contributed by atoms with Gasteiger partial charge in [0.1, 0.15) is 0 Å². The molecule has 0 spiro atoms. The summed E-state index contributed by atoms with van der Waals surface area (Å²) in [6, 6.07) is 7.06. The Morgan fingerprint density at radius 1 is 0.815 bits per heavy atom. The van der Waals surface area contributed by atoms with E-state index in [1.165, 1.54) is 22.8 Å². The standard InChI is InChI=1S/C25H30O2/c1-18(2)9-7-10-19(3)11-8-12-20(4)15-16-21-17-24(26)22-13-5-6-14-23(22)25(21)27/h5-6,9,11,13-15,17H,7-8,10,12,16H2,1-4H3/b19-11+,20-15+. The molecule has 0 saturated heterocycles. The number of hydrogen-bond donors (Lipinski definition) is 0. The zero-order valence-electron chi connectivity index (χ0n) is 17.0. The Kier molecular flexibility index (Phi) is 7.72. The highest BCUT2D eigenvalue weighted by atomic mass is 16.1. The third-order valence-electron chi connectivity index (χ3n) is 4.83. The molecule has 0 N–H and O–H groups in total. The smallest absolute Gasteiger partial charge is 0.190 e. The fourth-order valence-corrected chi connectivity index (χ4v) is 3.15. The minimum atomic E-state index is -0.0684. The van der Waals surface area contributed by atoms with Crippen LogP contribution in [0.15, 0.2) is 70.9 Å². The third kappa shape index (κ3) is 6.32. The number of fused-ring (bicyclic) bond motifs is 1. The molecule has 0 saturated carbocycles. The molecule has 27 heavy (non-hydrogen) atoms. The van der Waals surface area contributed by atoms with Crippen molar-refractivity contribution in [2.45, 2.75) is 59.8 Å². The highest BCUT2D eigenvalue weighted by Gasteiger charge is 2.23. The van der Waals surface area contributed by atoms with Crippen molar-refractivity contribution in [2.24, 2.45) is 0 Å². The fourth-order valence-electron chi connectivity index (χ4n) is 3.15. The van der Waals surface area contributed by atoms with Crippen molar-refractivity contribution in [3.05, 3.63) is 82.0 Å². The summed E-state index contributed by atoms with van der Waals surface area (Å²) in [5, 5.41) is 0. The Balaban J connectivity index is 1.88. The summed E-state index contributed by atoms with van der Waals surface area (Å²) < 4.78 is 0. The average molecular weight is 363 g/mol. The van der Waals surface area contributed by atoms with Crippen molar-refractivity contribution < 1.29 is 9.59 Å². The second-order valence-corrected chi connectivity index (χ2v) is 7.57. The Bertz CT molecular complexity index is 828. The Morgan fingerprint density at radius 2 is 1.41 bits per heavy atom. The van der Waals surface area contributed by atoms with Gasteiger partial charge in [-0.05, 0) is 65.9 Å². The number of rotatable bonds is 8. The first kappa shape index (κ1) is 20.8. The van der Waals surface area contributed by atoms with Gasteiger partial charge in [0.2, 0.25) is 0 Å². The maximum Gasteiger partial charge on any atom is 0.190 e. The first-order chi connectivity index (χ1) is 12.9. The first-order valence-electron chi connectivity index (χ1n) is 9.71. The predicted molar refractivity (Wildman–Crippen MR) is 113 cm³/mol. The summed E-state index contributed by atoms with van der Waals surface area (Å²) in [4.78, 5) is 24.8. The Labute approximate surface area is 163 Å². The van der Waals surface area contributed by atoms with Crippen LogP contribution in [-0.2, 0) is 0 Å². The topological polar surface area (TPSA) is 34.1 Å². The van der Waals surface area contributed by atoms with Crippen molar-refractivity contribution in [2.75, 3.05) is 0 Å². The van der Waals surface area contributed by atoms with Crippen LogP contribution < -0.4 is 0 Å². The molecule has 0 unspecified atom stereocenters. The first-order valence-corrected chi connectivity index (χ1v) is 9.71. The molecule has 0 aliphatic heterocycles. The summed E-state index contributed by atoms with van der Waals surface area (Å²) in [7, 11) is 0. The van der Waals surface area contributed by atoms with E-state index >= 15 is 0 Å². The van der Waals surface area contributed by atoms with Crippen molar-refractivity contribution in [1.29, 1.82) is 0 Å². The summed E-state index contributed by atoms with van der Waals surface area (Å²) in [5.74, 6) is -0.0922. The van der Waals surface area contributed by atoms with Gasteiger partial charge < -0.3 is 0 Å². The predicted octanol–water partition coefficient (Wildman–Crippen LogP) is 6.80. The molecular formula is C25H30O2. The highest BCUT2D eigenvalue weighted by molar-refractivity contribution is 6.24. The molecule has 0 radical (unpaired) electrons. The minimum absolute atomic E-state index is 0.0238. The van der Waals surface area contributed by atoms with Crippen LogP contribution in [0.1, 0.15) is 80.5 Å². The lowest BCUT2D eigenvalue weighted by atomic mass is 9.88. The fraction of sp³-hybridized carbons (Fsp3) is 0.360. The number of allylic oxidation sites excluding steroid dienone is 8. The molecule has 2 heteroatoms. The lowest BCUT2D eigenvalue weighted by molar-refractivity contribution is 0.0983. The zero-order chi connectivity index (χ0) is 19.8. The van der Waals surface area contributed by atoms with Crippen LogP contribution in [0, 0.1) is 0 Å². The molecule has 1 aliphatic rings. The summed E-state index contributed by atoms with van der Waals surface area (Å²) >= 11 is 0. The average Bonchev–Trinajstić information content (AvgIpc) is 2.63. The van der Waals surface area contributed by atoms with E-state index < -0.39 is 0 Å². The van der Waals surface area contributed by atoms with Crippen molar-refractivity contribution in [1.82, 2.24) is 0 Å². The molecule has 142 valence electrons. The normalized spacial score (nSPS) is 14.7. The summed E-state index contributed by atoms with van der Waals surface area (Å²) in [6.45, 7) is 8.54. The van der Waals surface area contributed by atoms with Gasteiger partial charge in [-0.1, -0.05) is 59.2 Å². The molecule has 1 aromatic carbocycles. The van der Waals surface area contributed by atoms with E-state index in [2.05, 4.69) is 45.9 Å².